The first-order chi connectivity index (χ1) is 12.7. The third-order valence-electron chi connectivity index (χ3n) is 4.55. The molecule has 1 aromatic heterocycles. The summed E-state index contributed by atoms with van der Waals surface area (Å²) < 4.78 is 0. The molecule has 0 saturated carbocycles. The molecule has 1 fully saturated rings. The minimum Gasteiger partial charge on any atom is -0.387 e. The Hall–Kier alpha value is -2.73. The zero-order chi connectivity index (χ0) is 18.4. The zero-order valence-corrected chi connectivity index (χ0v) is 14.9. The third kappa shape index (κ3) is 4.26. The molecular weight excluding hydrogens is 328 g/mol. The highest BCUT2D eigenvalue weighted by Gasteiger charge is 2.21. The monoisotopic (exact) mass is 352 g/mol. The number of rotatable bonds is 5. The summed E-state index contributed by atoms with van der Waals surface area (Å²) in [6.07, 6.45) is 9.47. The number of amides is 1. The predicted octanol–water partition coefficient (Wildman–Crippen LogP) is 2.12. The molecule has 6 nitrogen and oxygen atoms in total. The van der Waals surface area contributed by atoms with Crippen LogP contribution in [0.5, 0.6) is 0 Å². The van der Waals surface area contributed by atoms with E-state index in [4.69, 9.17) is 10.1 Å². The van der Waals surface area contributed by atoms with Gasteiger partial charge in [0.25, 0.3) is 0 Å². The molecule has 1 aliphatic rings. The first-order valence-electron chi connectivity index (χ1n) is 8.91. The smallest absolute Gasteiger partial charge is 0.248 e. The minimum absolute atomic E-state index is 0.194. The molecule has 0 unspecified atom stereocenters. The number of nitrogens with zero attached hydrogens (tertiary/aromatic N) is 3. The molecule has 0 aliphatic carbocycles. The van der Waals surface area contributed by atoms with Crippen molar-refractivity contribution in [3.05, 3.63) is 54.5 Å². The van der Waals surface area contributed by atoms with E-state index in [-0.39, 0.29) is 5.91 Å². The number of para-hydroxylation sites is 2. The van der Waals surface area contributed by atoms with Gasteiger partial charge in [-0.25, -0.2) is 4.98 Å². The predicted molar refractivity (Wildman–Crippen MR) is 102 cm³/mol. The first kappa shape index (κ1) is 18.1. The Kier molecular flexibility index (Phi) is 5.96. The summed E-state index contributed by atoms with van der Waals surface area (Å²) in [6.45, 7) is 2.89. The highest BCUT2D eigenvalue weighted by atomic mass is 16.3. The van der Waals surface area contributed by atoms with Gasteiger partial charge in [-0.3, -0.25) is 9.78 Å². The van der Waals surface area contributed by atoms with Gasteiger partial charge in [0.2, 0.25) is 5.91 Å². The summed E-state index contributed by atoms with van der Waals surface area (Å²) in [5.74, 6) is -0.194. The fourth-order valence-electron chi connectivity index (χ4n) is 3.09. The lowest BCUT2D eigenvalue weighted by atomic mass is 10.0. The van der Waals surface area contributed by atoms with E-state index in [1.807, 2.05) is 49.5 Å². The Morgan fingerprint density at radius 3 is 2.73 bits per heavy atom. The largest absolute Gasteiger partial charge is 0.387 e. The maximum absolute atomic E-state index is 11.5. The fourth-order valence-corrected chi connectivity index (χ4v) is 3.09. The standard InChI is InChI=1S/C20H24N4O2/c1-2-5-15(19-13-22-17-6-3-4-7-18(17)23-19)12-21-16-8-10-24(11-9-16)20(26)14-25/h2-7,12-13,16,21,25H,8-11,14H2,1H3/b5-2-,15-12+. The molecule has 0 radical (unpaired) electrons. The Morgan fingerprint density at radius 1 is 1.31 bits per heavy atom. The van der Waals surface area contributed by atoms with E-state index in [0.29, 0.717) is 19.1 Å². The number of likely N-dealkylation sites (tertiary alicyclic amines) is 1. The van der Waals surface area contributed by atoms with Crippen molar-refractivity contribution in [2.75, 3.05) is 19.7 Å². The first-order valence-corrected chi connectivity index (χ1v) is 8.91. The molecule has 0 atom stereocenters. The van der Waals surface area contributed by atoms with E-state index in [1.54, 1.807) is 11.1 Å². The number of hydrogen-bond donors (Lipinski definition) is 2. The van der Waals surface area contributed by atoms with Gasteiger partial charge < -0.3 is 15.3 Å². The number of carbonyl (C=O) groups excluding carboxylic acids is 1. The Labute approximate surface area is 153 Å². The highest BCUT2D eigenvalue weighted by molar-refractivity contribution is 5.79. The van der Waals surface area contributed by atoms with Gasteiger partial charge in [-0.05, 0) is 31.9 Å². The number of aliphatic hydroxyl groups excluding tert-OH is 1. The molecule has 1 saturated heterocycles. The molecule has 2 heterocycles. The van der Waals surface area contributed by atoms with Crippen molar-refractivity contribution in [3.63, 3.8) is 0 Å². The van der Waals surface area contributed by atoms with Crippen LogP contribution in [0.4, 0.5) is 0 Å². The van der Waals surface area contributed by atoms with Crippen LogP contribution < -0.4 is 5.32 Å². The number of hydrogen-bond acceptors (Lipinski definition) is 5. The van der Waals surface area contributed by atoms with Crippen molar-refractivity contribution in [3.8, 4) is 0 Å². The highest BCUT2D eigenvalue weighted by Crippen LogP contribution is 2.17. The van der Waals surface area contributed by atoms with Crippen molar-refractivity contribution < 1.29 is 9.90 Å². The normalized spacial score (nSPS) is 16.4. The number of allylic oxidation sites excluding steroid dienone is 3. The van der Waals surface area contributed by atoms with Crippen LogP contribution in [0.15, 0.2) is 48.8 Å². The number of aliphatic hydroxyl groups is 1. The van der Waals surface area contributed by atoms with Crippen molar-refractivity contribution in [1.82, 2.24) is 20.2 Å². The van der Waals surface area contributed by atoms with Crippen molar-refractivity contribution in [1.29, 1.82) is 0 Å². The molecule has 1 aromatic carbocycles. The van der Waals surface area contributed by atoms with Crippen LogP contribution in [0, 0.1) is 0 Å². The van der Waals surface area contributed by atoms with E-state index in [2.05, 4.69) is 10.3 Å². The summed E-state index contributed by atoms with van der Waals surface area (Å²) in [6, 6.07) is 8.12. The second-order valence-electron chi connectivity index (χ2n) is 6.32. The van der Waals surface area contributed by atoms with Crippen LogP contribution >= 0.6 is 0 Å². The number of aromatic nitrogens is 2. The second kappa shape index (κ2) is 8.58. The molecule has 6 heteroatoms. The average Bonchev–Trinajstić information content (AvgIpc) is 2.70. The molecule has 26 heavy (non-hydrogen) atoms. The number of fused-ring (bicyclic) bond motifs is 1. The van der Waals surface area contributed by atoms with E-state index >= 15 is 0 Å². The van der Waals surface area contributed by atoms with Crippen LogP contribution in [-0.4, -0.2) is 51.6 Å². The van der Waals surface area contributed by atoms with Gasteiger partial charge in [0.15, 0.2) is 0 Å². The molecule has 3 rings (SSSR count). The molecular formula is C20H24N4O2. The van der Waals surface area contributed by atoms with E-state index in [0.717, 1.165) is 35.1 Å². The second-order valence-corrected chi connectivity index (χ2v) is 6.32. The lowest BCUT2D eigenvalue weighted by Crippen LogP contribution is -2.44. The van der Waals surface area contributed by atoms with E-state index in [1.165, 1.54) is 0 Å². The maximum atomic E-state index is 11.5. The SMILES string of the molecule is C/C=C\C(=C/NC1CCN(C(=O)CO)CC1)c1cnc2ccccc2n1. The van der Waals surface area contributed by atoms with Gasteiger partial charge in [-0.2, -0.15) is 0 Å². The van der Waals surface area contributed by atoms with Crippen LogP contribution in [0.2, 0.25) is 0 Å². The maximum Gasteiger partial charge on any atom is 0.248 e. The summed E-state index contributed by atoms with van der Waals surface area (Å²) in [4.78, 5) is 22.4. The Bertz CT molecular complexity index is 823. The fraction of sp³-hybridized carbons (Fsp3) is 0.350. The molecule has 2 N–H and O–H groups in total. The van der Waals surface area contributed by atoms with Gasteiger partial charge in [0.05, 0.1) is 22.9 Å². The molecule has 0 bridgehead atoms. The number of carbonyl (C=O) groups is 1. The Balaban J connectivity index is 1.70. The molecule has 1 aliphatic heterocycles. The van der Waals surface area contributed by atoms with Gasteiger partial charge in [-0.1, -0.05) is 24.3 Å². The van der Waals surface area contributed by atoms with Crippen LogP contribution in [0.3, 0.4) is 0 Å². The molecule has 0 spiro atoms. The topological polar surface area (TPSA) is 78.4 Å². The Morgan fingerprint density at radius 2 is 2.04 bits per heavy atom. The van der Waals surface area contributed by atoms with Crippen LogP contribution in [0.1, 0.15) is 25.5 Å². The molecule has 1 amide bonds. The third-order valence-corrected chi connectivity index (χ3v) is 4.55. The quantitative estimate of drug-likeness (QED) is 0.806. The minimum atomic E-state index is -0.413. The summed E-state index contributed by atoms with van der Waals surface area (Å²) in [5.41, 5.74) is 3.54. The van der Waals surface area contributed by atoms with Crippen molar-refractivity contribution >= 4 is 22.5 Å². The van der Waals surface area contributed by atoms with E-state index in [9.17, 15) is 4.79 Å². The molecule has 2 aromatic rings. The zero-order valence-electron chi connectivity index (χ0n) is 14.9. The summed E-state index contributed by atoms with van der Waals surface area (Å²) in [7, 11) is 0. The van der Waals surface area contributed by atoms with Crippen molar-refractivity contribution in [2.24, 2.45) is 0 Å². The average molecular weight is 352 g/mol. The van der Waals surface area contributed by atoms with Crippen molar-refractivity contribution in [2.45, 2.75) is 25.8 Å². The molecule has 136 valence electrons. The van der Waals surface area contributed by atoms with Gasteiger partial charge in [0, 0.05) is 30.9 Å². The van der Waals surface area contributed by atoms with Crippen LogP contribution in [-0.2, 0) is 4.79 Å². The van der Waals surface area contributed by atoms with Crippen LogP contribution in [0.25, 0.3) is 16.6 Å². The van der Waals surface area contributed by atoms with Gasteiger partial charge in [0.1, 0.15) is 6.61 Å². The summed E-state index contributed by atoms with van der Waals surface area (Å²) >= 11 is 0. The number of benzene rings is 1. The number of nitrogens with one attached hydrogen (secondary N) is 1. The lowest BCUT2D eigenvalue weighted by molar-refractivity contribution is -0.135. The lowest BCUT2D eigenvalue weighted by Gasteiger charge is -2.31. The van der Waals surface area contributed by atoms with Gasteiger partial charge in [-0.15, -0.1) is 0 Å². The van der Waals surface area contributed by atoms with E-state index < -0.39 is 6.61 Å². The van der Waals surface area contributed by atoms with Gasteiger partial charge >= 0.3 is 0 Å². The number of piperidine rings is 1. The summed E-state index contributed by atoms with van der Waals surface area (Å²) in [5, 5.41) is 12.4.